The van der Waals surface area contributed by atoms with Crippen molar-refractivity contribution in [2.24, 2.45) is 0 Å². The lowest BCUT2D eigenvalue weighted by molar-refractivity contribution is 0.0951. The van der Waals surface area contributed by atoms with Gasteiger partial charge in [-0.15, -0.1) is 11.8 Å². The molecule has 0 spiro atoms. The van der Waals surface area contributed by atoms with Crippen molar-refractivity contribution in [1.82, 2.24) is 14.7 Å². The van der Waals surface area contributed by atoms with Gasteiger partial charge in [0.05, 0.1) is 11.3 Å². The van der Waals surface area contributed by atoms with Gasteiger partial charge in [-0.3, -0.25) is 4.79 Å². The number of fused-ring (bicyclic) bond motifs is 1. The second-order valence-electron chi connectivity index (χ2n) is 6.47. The van der Waals surface area contributed by atoms with E-state index in [0.717, 1.165) is 28.4 Å². The van der Waals surface area contributed by atoms with Crippen LogP contribution >= 0.6 is 11.8 Å². The Morgan fingerprint density at radius 2 is 1.75 bits per heavy atom. The van der Waals surface area contributed by atoms with Gasteiger partial charge in [0, 0.05) is 29.6 Å². The molecule has 4 nitrogen and oxygen atoms in total. The molecule has 4 aromatic rings. The molecule has 2 aromatic carbocycles. The first-order valence-electron chi connectivity index (χ1n) is 9.26. The lowest BCUT2D eigenvalue weighted by Crippen LogP contribution is -2.26. The van der Waals surface area contributed by atoms with Crippen LogP contribution in [0.1, 0.15) is 21.6 Å². The molecule has 0 aliphatic rings. The Kier molecular flexibility index (Phi) is 5.73. The Morgan fingerprint density at radius 1 is 0.964 bits per heavy atom. The van der Waals surface area contributed by atoms with Crippen LogP contribution in [-0.2, 0) is 12.2 Å². The quantitative estimate of drug-likeness (QED) is 0.472. The molecule has 0 atom stereocenters. The van der Waals surface area contributed by atoms with E-state index < -0.39 is 0 Å². The number of carbonyl (C=O) groups excluding carboxylic acids is 1. The molecule has 0 fully saturated rings. The summed E-state index contributed by atoms with van der Waals surface area (Å²) in [5.41, 5.74) is 3.86. The summed E-state index contributed by atoms with van der Waals surface area (Å²) in [5.74, 6) is 0.685. The minimum absolute atomic E-state index is 0.0333. The Labute approximate surface area is 168 Å². The topological polar surface area (TPSA) is 46.4 Å². The molecule has 28 heavy (non-hydrogen) atoms. The minimum Gasteiger partial charge on any atom is -0.352 e. The molecule has 5 heteroatoms. The fourth-order valence-electron chi connectivity index (χ4n) is 3.05. The third kappa shape index (κ3) is 4.43. The number of amides is 1. The van der Waals surface area contributed by atoms with Gasteiger partial charge >= 0.3 is 0 Å². The Bertz CT molecular complexity index is 1040. The summed E-state index contributed by atoms with van der Waals surface area (Å²) >= 11 is 1.64. The smallest absolute Gasteiger partial charge is 0.252 e. The predicted molar refractivity (Wildman–Crippen MR) is 114 cm³/mol. The zero-order chi connectivity index (χ0) is 19.2. The van der Waals surface area contributed by atoms with E-state index in [1.165, 1.54) is 5.56 Å². The molecule has 0 saturated carbocycles. The number of thioether (sulfide) groups is 1. The molecule has 4 rings (SSSR count). The lowest BCUT2D eigenvalue weighted by Gasteiger charge is -2.09. The van der Waals surface area contributed by atoms with E-state index in [9.17, 15) is 4.79 Å². The highest BCUT2D eigenvalue weighted by Gasteiger charge is 2.12. The summed E-state index contributed by atoms with van der Waals surface area (Å²) in [6.07, 6.45) is 4.85. The van der Waals surface area contributed by atoms with E-state index in [1.807, 2.05) is 77.5 Å². The molecule has 140 valence electrons. The number of benzene rings is 2. The molecule has 1 N–H and O–H groups in total. The third-order valence-corrected chi connectivity index (χ3v) is 5.57. The van der Waals surface area contributed by atoms with Crippen molar-refractivity contribution in [1.29, 1.82) is 0 Å². The minimum atomic E-state index is -0.0333. The average Bonchev–Trinajstić information content (AvgIpc) is 3.16. The monoisotopic (exact) mass is 387 g/mol. The van der Waals surface area contributed by atoms with E-state index in [1.54, 1.807) is 11.8 Å². The summed E-state index contributed by atoms with van der Waals surface area (Å²) in [4.78, 5) is 18.3. The van der Waals surface area contributed by atoms with Crippen molar-refractivity contribution < 1.29 is 4.79 Å². The van der Waals surface area contributed by atoms with Crippen LogP contribution in [0.25, 0.3) is 5.65 Å². The summed E-state index contributed by atoms with van der Waals surface area (Å²) in [5, 5.41) is 3.04. The Hall–Kier alpha value is -3.05. The molecule has 0 aliphatic heterocycles. The molecule has 0 saturated heterocycles. The van der Waals surface area contributed by atoms with E-state index in [4.69, 9.17) is 0 Å². The summed E-state index contributed by atoms with van der Waals surface area (Å²) < 4.78 is 2.01. The van der Waals surface area contributed by atoms with Crippen LogP contribution < -0.4 is 5.32 Å². The highest BCUT2D eigenvalue weighted by molar-refractivity contribution is 7.98. The first-order chi connectivity index (χ1) is 13.8. The normalized spacial score (nSPS) is 10.9. The van der Waals surface area contributed by atoms with Gasteiger partial charge in [-0.2, -0.15) is 0 Å². The van der Waals surface area contributed by atoms with E-state index in [2.05, 4.69) is 22.4 Å². The Balaban J connectivity index is 1.39. The van der Waals surface area contributed by atoms with Gasteiger partial charge in [-0.05, 0) is 36.2 Å². The van der Waals surface area contributed by atoms with Gasteiger partial charge in [-0.25, -0.2) is 4.98 Å². The van der Waals surface area contributed by atoms with Crippen LogP contribution in [0.2, 0.25) is 0 Å². The third-order valence-electron chi connectivity index (χ3n) is 4.46. The molecule has 0 aliphatic carbocycles. The van der Waals surface area contributed by atoms with Crippen molar-refractivity contribution in [3.05, 3.63) is 102 Å². The average molecular weight is 388 g/mol. The van der Waals surface area contributed by atoms with Gasteiger partial charge in [0.15, 0.2) is 0 Å². The first-order valence-corrected chi connectivity index (χ1v) is 10.2. The van der Waals surface area contributed by atoms with Gasteiger partial charge in [0.25, 0.3) is 5.91 Å². The molecule has 0 bridgehead atoms. The molecule has 2 heterocycles. The lowest BCUT2D eigenvalue weighted by atomic mass is 10.1. The molecule has 0 unspecified atom stereocenters. The number of hydrogen-bond donors (Lipinski definition) is 1. The second kappa shape index (κ2) is 8.76. The Morgan fingerprint density at radius 3 is 2.61 bits per heavy atom. The molecule has 0 radical (unpaired) electrons. The van der Waals surface area contributed by atoms with E-state index >= 15 is 0 Å². The van der Waals surface area contributed by atoms with Gasteiger partial charge in [0.1, 0.15) is 5.65 Å². The maximum atomic E-state index is 12.7. The zero-order valence-corrected chi connectivity index (χ0v) is 16.2. The molecule has 2 aromatic heterocycles. The van der Waals surface area contributed by atoms with Gasteiger partial charge < -0.3 is 9.72 Å². The highest BCUT2D eigenvalue weighted by Crippen LogP contribution is 2.26. The van der Waals surface area contributed by atoms with Gasteiger partial charge in [-0.1, -0.05) is 48.5 Å². The predicted octanol–water partition coefficient (Wildman–Crippen LogP) is 4.60. The van der Waals surface area contributed by atoms with Gasteiger partial charge in [0.2, 0.25) is 0 Å². The number of pyridine rings is 1. The highest BCUT2D eigenvalue weighted by atomic mass is 32.2. The van der Waals surface area contributed by atoms with Crippen LogP contribution in [0.4, 0.5) is 0 Å². The van der Waals surface area contributed by atoms with Crippen LogP contribution in [-0.4, -0.2) is 21.8 Å². The van der Waals surface area contributed by atoms with Crippen molar-refractivity contribution in [3.63, 3.8) is 0 Å². The number of imidazole rings is 1. The van der Waals surface area contributed by atoms with E-state index in [0.29, 0.717) is 12.1 Å². The maximum Gasteiger partial charge on any atom is 0.252 e. The number of aromatic nitrogens is 2. The molecular weight excluding hydrogens is 366 g/mol. The summed E-state index contributed by atoms with van der Waals surface area (Å²) in [7, 11) is 0. The summed E-state index contributed by atoms with van der Waals surface area (Å²) in [6, 6.07) is 23.9. The number of nitrogens with one attached hydrogen (secondary N) is 1. The fourth-order valence-corrected chi connectivity index (χ4v) is 3.98. The number of carbonyl (C=O) groups is 1. The fraction of sp³-hybridized carbons (Fsp3) is 0.130. The number of hydrogen-bond acceptors (Lipinski definition) is 3. The van der Waals surface area contributed by atoms with Crippen molar-refractivity contribution >= 4 is 23.3 Å². The van der Waals surface area contributed by atoms with Crippen LogP contribution in [0.15, 0.2) is 90.1 Å². The van der Waals surface area contributed by atoms with Crippen molar-refractivity contribution in [2.45, 2.75) is 17.1 Å². The number of rotatable bonds is 7. The number of nitrogens with zero attached hydrogens (tertiary/aromatic N) is 2. The molecular formula is C23H21N3OS. The van der Waals surface area contributed by atoms with Crippen LogP contribution in [0.3, 0.4) is 0 Å². The molecule has 1 amide bonds. The standard InChI is InChI=1S/C23H21N3OS/c27-23(24-14-13-18-8-2-1-3-9-18)20-10-4-5-11-21(20)28-17-19-16-26-15-7-6-12-22(26)25-19/h1-12,15-16H,13-14,17H2,(H,24,27). The SMILES string of the molecule is O=C(NCCc1ccccc1)c1ccccc1SCc1cn2ccccc2n1. The second-order valence-corrected chi connectivity index (χ2v) is 7.49. The van der Waals surface area contributed by atoms with Crippen molar-refractivity contribution in [3.8, 4) is 0 Å². The first kappa shape index (κ1) is 18.3. The van der Waals surface area contributed by atoms with Crippen LogP contribution in [0.5, 0.6) is 0 Å². The maximum absolute atomic E-state index is 12.7. The zero-order valence-electron chi connectivity index (χ0n) is 15.4. The van der Waals surface area contributed by atoms with Crippen molar-refractivity contribution in [2.75, 3.05) is 6.54 Å². The largest absolute Gasteiger partial charge is 0.352 e. The van der Waals surface area contributed by atoms with Crippen LogP contribution in [0, 0.1) is 0 Å². The summed E-state index contributed by atoms with van der Waals surface area (Å²) in [6.45, 7) is 0.619. The van der Waals surface area contributed by atoms with E-state index in [-0.39, 0.29) is 5.91 Å².